The highest BCUT2D eigenvalue weighted by atomic mass is 16.5. The van der Waals surface area contributed by atoms with Crippen LogP contribution < -0.4 is 4.90 Å². The first-order valence-corrected chi connectivity index (χ1v) is 10.8. The number of aryl methyl sites for hydroxylation is 1. The predicted molar refractivity (Wildman–Crippen MR) is 121 cm³/mol. The van der Waals surface area contributed by atoms with E-state index in [2.05, 4.69) is 10.1 Å². The Kier molecular flexibility index (Phi) is 6.67. The molecule has 1 aliphatic rings. The fourth-order valence-electron chi connectivity index (χ4n) is 4.06. The summed E-state index contributed by atoms with van der Waals surface area (Å²) in [5.74, 6) is 0.763. The highest BCUT2D eigenvalue weighted by molar-refractivity contribution is 5.95. The van der Waals surface area contributed by atoms with Crippen LogP contribution in [-0.2, 0) is 11.3 Å². The van der Waals surface area contributed by atoms with Gasteiger partial charge in [-0.1, -0.05) is 53.7 Å². The van der Waals surface area contributed by atoms with E-state index in [0.717, 1.165) is 54.2 Å². The van der Waals surface area contributed by atoms with Crippen LogP contribution in [0.15, 0.2) is 59.1 Å². The molecule has 0 N–H and O–H groups in total. The molecule has 1 aliphatic heterocycles. The van der Waals surface area contributed by atoms with E-state index in [4.69, 9.17) is 9.26 Å². The van der Waals surface area contributed by atoms with Crippen LogP contribution in [0, 0.1) is 6.92 Å². The van der Waals surface area contributed by atoms with E-state index in [0.29, 0.717) is 25.3 Å². The highest BCUT2D eigenvalue weighted by Gasteiger charge is 2.28. The number of carbonyl (C=O) groups excluding carboxylic acids is 1. The molecule has 0 atom stereocenters. The summed E-state index contributed by atoms with van der Waals surface area (Å²) in [6.45, 7) is 5.22. The molecule has 3 aromatic rings. The van der Waals surface area contributed by atoms with E-state index in [-0.39, 0.29) is 5.91 Å². The van der Waals surface area contributed by atoms with Crippen LogP contribution in [0.25, 0.3) is 11.3 Å². The quantitative estimate of drug-likeness (QED) is 0.537. The normalized spacial score (nSPS) is 13.5. The van der Waals surface area contributed by atoms with Crippen molar-refractivity contribution in [2.75, 3.05) is 38.3 Å². The van der Waals surface area contributed by atoms with Gasteiger partial charge in [-0.2, -0.15) is 0 Å². The number of rotatable bonds is 8. The first-order valence-electron chi connectivity index (χ1n) is 10.8. The van der Waals surface area contributed by atoms with E-state index in [1.54, 1.807) is 7.11 Å². The number of benzene rings is 2. The summed E-state index contributed by atoms with van der Waals surface area (Å²) >= 11 is 0. The maximum atomic E-state index is 13.5. The molecule has 0 spiro atoms. The Balaban J connectivity index is 1.72. The van der Waals surface area contributed by atoms with E-state index >= 15 is 0 Å². The van der Waals surface area contributed by atoms with Crippen molar-refractivity contribution in [1.29, 1.82) is 0 Å². The number of carbonyl (C=O) groups is 1. The number of methoxy groups -OCH3 is 1. The van der Waals surface area contributed by atoms with Crippen LogP contribution >= 0.6 is 0 Å². The Hall–Kier alpha value is -3.12. The van der Waals surface area contributed by atoms with Crippen LogP contribution in [0.5, 0.6) is 0 Å². The number of hydrogen-bond acceptors (Lipinski definition) is 5. The lowest BCUT2D eigenvalue weighted by atomic mass is 10.0. The van der Waals surface area contributed by atoms with Crippen molar-refractivity contribution in [1.82, 2.24) is 10.1 Å². The van der Waals surface area contributed by atoms with Gasteiger partial charge < -0.3 is 19.1 Å². The molecule has 0 saturated carbocycles. The summed E-state index contributed by atoms with van der Waals surface area (Å²) in [6.07, 6.45) is 2.27. The number of hydrogen-bond donors (Lipinski definition) is 0. The number of nitrogens with zero attached hydrogens (tertiary/aromatic N) is 3. The van der Waals surface area contributed by atoms with Crippen LogP contribution in [0.2, 0.25) is 0 Å². The van der Waals surface area contributed by atoms with Gasteiger partial charge >= 0.3 is 0 Å². The minimum absolute atomic E-state index is 0.0114. The molecule has 0 aliphatic carbocycles. The molecule has 2 aromatic carbocycles. The average Bonchev–Trinajstić information content (AvgIpc) is 3.47. The van der Waals surface area contributed by atoms with Gasteiger partial charge in [0.2, 0.25) is 5.88 Å². The van der Waals surface area contributed by atoms with Crippen LogP contribution in [0.1, 0.15) is 34.3 Å². The van der Waals surface area contributed by atoms with Gasteiger partial charge in [-0.15, -0.1) is 0 Å². The Morgan fingerprint density at radius 1 is 1.10 bits per heavy atom. The number of amides is 1. The number of anilines is 1. The SMILES string of the molecule is COCCN(Cc1c(-c2ccccc2)noc1N1CCCC1)C(=O)c1ccccc1C. The highest BCUT2D eigenvalue weighted by Crippen LogP contribution is 2.34. The topological polar surface area (TPSA) is 58.8 Å². The summed E-state index contributed by atoms with van der Waals surface area (Å²) in [4.78, 5) is 17.6. The smallest absolute Gasteiger partial charge is 0.254 e. The molecule has 2 heterocycles. The van der Waals surface area contributed by atoms with Crippen molar-refractivity contribution >= 4 is 11.8 Å². The second-order valence-corrected chi connectivity index (χ2v) is 7.91. The average molecular weight is 420 g/mol. The minimum atomic E-state index is -0.0114. The van der Waals surface area contributed by atoms with Gasteiger partial charge in [-0.05, 0) is 31.4 Å². The summed E-state index contributed by atoms with van der Waals surface area (Å²) in [6, 6.07) is 17.7. The van der Waals surface area contributed by atoms with Gasteiger partial charge in [-0.3, -0.25) is 4.79 Å². The third kappa shape index (κ3) is 4.64. The second kappa shape index (κ2) is 9.79. The van der Waals surface area contributed by atoms with Gasteiger partial charge in [-0.25, -0.2) is 0 Å². The zero-order valence-electron chi connectivity index (χ0n) is 18.2. The lowest BCUT2D eigenvalue weighted by Gasteiger charge is -2.25. The maximum Gasteiger partial charge on any atom is 0.254 e. The molecule has 31 heavy (non-hydrogen) atoms. The summed E-state index contributed by atoms with van der Waals surface area (Å²) in [5, 5.41) is 4.43. The molecule has 1 amide bonds. The molecular formula is C25H29N3O3. The molecule has 0 radical (unpaired) electrons. The van der Waals surface area contributed by atoms with Crippen molar-refractivity contribution in [3.8, 4) is 11.3 Å². The molecule has 162 valence electrons. The Morgan fingerprint density at radius 2 is 1.81 bits per heavy atom. The monoisotopic (exact) mass is 419 g/mol. The van der Waals surface area contributed by atoms with Crippen molar-refractivity contribution in [3.63, 3.8) is 0 Å². The first-order chi connectivity index (χ1) is 15.2. The van der Waals surface area contributed by atoms with Gasteiger partial charge in [0.15, 0.2) is 0 Å². The number of ether oxygens (including phenoxy) is 1. The molecule has 1 aromatic heterocycles. The molecule has 6 heteroatoms. The van der Waals surface area contributed by atoms with E-state index in [1.165, 1.54) is 0 Å². The summed E-state index contributed by atoms with van der Waals surface area (Å²) in [7, 11) is 1.65. The largest absolute Gasteiger partial charge is 0.383 e. The van der Waals surface area contributed by atoms with Gasteiger partial charge in [0.25, 0.3) is 5.91 Å². The molecule has 1 fully saturated rings. The third-order valence-electron chi connectivity index (χ3n) is 5.78. The van der Waals surface area contributed by atoms with Gasteiger partial charge in [0.05, 0.1) is 18.7 Å². The lowest BCUT2D eigenvalue weighted by molar-refractivity contribution is 0.0680. The molecule has 0 bridgehead atoms. The summed E-state index contributed by atoms with van der Waals surface area (Å²) in [5.41, 5.74) is 4.40. The van der Waals surface area contributed by atoms with Crippen LogP contribution in [-0.4, -0.2) is 49.3 Å². The molecule has 6 nitrogen and oxygen atoms in total. The number of aromatic nitrogens is 1. The standard InChI is InChI=1S/C25H29N3O3/c1-19-10-6-7-13-21(19)24(29)28(16-17-30-2)18-22-23(20-11-4-3-5-12-20)26-31-25(22)27-14-8-9-15-27/h3-7,10-13H,8-9,14-18H2,1-2H3. The Bertz CT molecular complexity index is 1010. The van der Waals surface area contributed by atoms with Crippen molar-refractivity contribution in [2.24, 2.45) is 0 Å². The lowest BCUT2D eigenvalue weighted by Crippen LogP contribution is -2.34. The van der Waals surface area contributed by atoms with Crippen LogP contribution in [0.3, 0.4) is 0 Å². The predicted octanol–water partition coefficient (Wildman–Crippen LogP) is 4.54. The zero-order valence-corrected chi connectivity index (χ0v) is 18.2. The first kappa shape index (κ1) is 21.1. The van der Waals surface area contributed by atoms with Gasteiger partial charge in [0.1, 0.15) is 5.69 Å². The summed E-state index contributed by atoms with van der Waals surface area (Å²) < 4.78 is 11.2. The molecular weight excluding hydrogens is 390 g/mol. The van der Waals surface area contributed by atoms with Crippen LogP contribution in [0.4, 0.5) is 5.88 Å². The van der Waals surface area contributed by atoms with E-state index < -0.39 is 0 Å². The molecule has 1 saturated heterocycles. The fourth-order valence-corrected chi connectivity index (χ4v) is 4.06. The Morgan fingerprint density at radius 3 is 2.52 bits per heavy atom. The van der Waals surface area contributed by atoms with Gasteiger partial charge in [0, 0.05) is 37.9 Å². The van der Waals surface area contributed by atoms with E-state index in [9.17, 15) is 4.79 Å². The second-order valence-electron chi connectivity index (χ2n) is 7.91. The van der Waals surface area contributed by atoms with Crippen molar-refractivity contribution in [3.05, 3.63) is 71.3 Å². The van der Waals surface area contributed by atoms with Crippen molar-refractivity contribution in [2.45, 2.75) is 26.3 Å². The zero-order chi connectivity index (χ0) is 21.6. The Labute approximate surface area is 183 Å². The maximum absolute atomic E-state index is 13.5. The van der Waals surface area contributed by atoms with Crippen molar-refractivity contribution < 1.29 is 14.1 Å². The molecule has 0 unspecified atom stereocenters. The van der Waals surface area contributed by atoms with E-state index in [1.807, 2.05) is 66.4 Å². The fraction of sp³-hybridized carbons (Fsp3) is 0.360. The minimum Gasteiger partial charge on any atom is -0.383 e. The third-order valence-corrected chi connectivity index (χ3v) is 5.78. The molecule has 4 rings (SSSR count).